The number of rotatable bonds is 3. The lowest BCUT2D eigenvalue weighted by Crippen LogP contribution is -2.27. The number of hydrogen-bond acceptors (Lipinski definition) is 5. The predicted octanol–water partition coefficient (Wildman–Crippen LogP) is 0.524. The van der Waals surface area contributed by atoms with Gasteiger partial charge in [0.2, 0.25) is 0 Å². The van der Waals surface area contributed by atoms with Gasteiger partial charge in [-0.25, -0.2) is 4.79 Å². The van der Waals surface area contributed by atoms with Crippen LogP contribution in [0.2, 0.25) is 0 Å². The van der Waals surface area contributed by atoms with Crippen molar-refractivity contribution in [3.05, 3.63) is 34.7 Å². The minimum atomic E-state index is -0.298. The van der Waals surface area contributed by atoms with Gasteiger partial charge in [-0.15, -0.1) is 0 Å². The van der Waals surface area contributed by atoms with Crippen molar-refractivity contribution in [3.8, 4) is 11.4 Å². The van der Waals surface area contributed by atoms with Gasteiger partial charge in [0.15, 0.2) is 0 Å². The van der Waals surface area contributed by atoms with Crippen LogP contribution in [0.5, 0.6) is 5.75 Å². The topological polar surface area (TPSA) is 71.2 Å². The van der Waals surface area contributed by atoms with Gasteiger partial charge in [-0.2, -0.15) is 9.36 Å². The van der Waals surface area contributed by atoms with Crippen LogP contribution < -0.4 is 10.4 Å². The SMILES string of the molecule is Cn1nnn(-c2ccccc2OC2CCOCC2)c1=O. The first-order chi connectivity index (χ1) is 9.75. The molecule has 0 radical (unpaired) electrons. The van der Waals surface area contributed by atoms with Crippen LogP contribution in [0, 0.1) is 0 Å². The van der Waals surface area contributed by atoms with Crippen LogP contribution in [0.4, 0.5) is 0 Å². The Morgan fingerprint density at radius 3 is 2.70 bits per heavy atom. The Morgan fingerprint density at radius 2 is 2.00 bits per heavy atom. The Bertz CT molecular complexity index is 643. The van der Waals surface area contributed by atoms with Crippen molar-refractivity contribution in [2.24, 2.45) is 7.05 Å². The van der Waals surface area contributed by atoms with E-state index in [1.165, 1.54) is 9.36 Å². The summed E-state index contributed by atoms with van der Waals surface area (Å²) in [6.07, 6.45) is 1.81. The lowest BCUT2D eigenvalue weighted by molar-refractivity contribution is 0.0255. The summed E-state index contributed by atoms with van der Waals surface area (Å²) in [6, 6.07) is 7.35. The van der Waals surface area contributed by atoms with E-state index in [2.05, 4.69) is 10.4 Å². The molecule has 1 aliphatic heterocycles. The van der Waals surface area contributed by atoms with Crippen LogP contribution in [-0.2, 0) is 11.8 Å². The maximum atomic E-state index is 11.9. The zero-order valence-electron chi connectivity index (χ0n) is 11.2. The molecule has 7 nitrogen and oxygen atoms in total. The number of aromatic nitrogens is 4. The van der Waals surface area contributed by atoms with E-state index in [9.17, 15) is 4.79 Å². The van der Waals surface area contributed by atoms with Gasteiger partial charge < -0.3 is 9.47 Å². The van der Waals surface area contributed by atoms with Gasteiger partial charge in [-0.3, -0.25) is 0 Å². The quantitative estimate of drug-likeness (QED) is 0.817. The Labute approximate surface area is 115 Å². The van der Waals surface area contributed by atoms with Gasteiger partial charge in [0.05, 0.1) is 13.2 Å². The fourth-order valence-corrected chi connectivity index (χ4v) is 2.17. The highest BCUT2D eigenvalue weighted by molar-refractivity contribution is 5.45. The van der Waals surface area contributed by atoms with E-state index in [0.717, 1.165) is 12.8 Å². The molecule has 7 heteroatoms. The fraction of sp³-hybridized carbons (Fsp3) is 0.462. The first-order valence-corrected chi connectivity index (χ1v) is 6.58. The fourth-order valence-electron chi connectivity index (χ4n) is 2.17. The molecular formula is C13H16N4O3. The number of para-hydroxylation sites is 2. The average molecular weight is 276 g/mol. The summed E-state index contributed by atoms with van der Waals surface area (Å²) in [4.78, 5) is 11.9. The van der Waals surface area contributed by atoms with Crippen molar-refractivity contribution in [2.45, 2.75) is 18.9 Å². The molecule has 0 unspecified atom stereocenters. The molecule has 0 aliphatic carbocycles. The van der Waals surface area contributed by atoms with Gasteiger partial charge >= 0.3 is 5.69 Å². The highest BCUT2D eigenvalue weighted by Gasteiger charge is 2.18. The summed E-state index contributed by atoms with van der Waals surface area (Å²) >= 11 is 0. The number of ether oxygens (including phenoxy) is 2. The molecule has 20 heavy (non-hydrogen) atoms. The molecule has 1 saturated heterocycles. The lowest BCUT2D eigenvalue weighted by atomic mass is 10.1. The molecule has 1 aromatic carbocycles. The number of benzene rings is 1. The molecule has 0 spiro atoms. The second kappa shape index (κ2) is 5.46. The molecule has 0 amide bonds. The molecule has 2 aromatic rings. The lowest BCUT2D eigenvalue weighted by Gasteiger charge is -2.24. The zero-order chi connectivity index (χ0) is 13.9. The second-order valence-corrected chi connectivity index (χ2v) is 4.69. The summed E-state index contributed by atoms with van der Waals surface area (Å²) in [5, 5.41) is 7.57. The van der Waals surface area contributed by atoms with Crippen molar-refractivity contribution >= 4 is 0 Å². The third kappa shape index (κ3) is 2.44. The Kier molecular flexibility index (Phi) is 3.51. The van der Waals surface area contributed by atoms with Crippen LogP contribution in [0.3, 0.4) is 0 Å². The summed E-state index contributed by atoms with van der Waals surface area (Å²) in [6.45, 7) is 1.41. The maximum Gasteiger partial charge on any atom is 0.368 e. The first kappa shape index (κ1) is 12.9. The van der Waals surface area contributed by atoms with Gasteiger partial charge in [-0.05, 0) is 22.6 Å². The molecule has 1 aliphatic rings. The van der Waals surface area contributed by atoms with Crippen LogP contribution in [0.15, 0.2) is 29.1 Å². The van der Waals surface area contributed by atoms with Crippen molar-refractivity contribution in [1.29, 1.82) is 0 Å². The number of hydrogen-bond donors (Lipinski definition) is 0. The number of aryl methyl sites for hydroxylation is 1. The van der Waals surface area contributed by atoms with E-state index in [0.29, 0.717) is 24.7 Å². The molecular weight excluding hydrogens is 260 g/mol. The monoisotopic (exact) mass is 276 g/mol. The van der Waals surface area contributed by atoms with Crippen molar-refractivity contribution < 1.29 is 9.47 Å². The minimum absolute atomic E-state index is 0.109. The molecule has 0 saturated carbocycles. The molecule has 3 rings (SSSR count). The first-order valence-electron chi connectivity index (χ1n) is 6.58. The van der Waals surface area contributed by atoms with Gasteiger partial charge in [0.1, 0.15) is 17.5 Å². The minimum Gasteiger partial charge on any atom is -0.488 e. The normalized spacial score (nSPS) is 16.2. The smallest absolute Gasteiger partial charge is 0.368 e. The van der Waals surface area contributed by atoms with E-state index in [-0.39, 0.29) is 11.8 Å². The van der Waals surface area contributed by atoms with Crippen molar-refractivity contribution in [2.75, 3.05) is 13.2 Å². The van der Waals surface area contributed by atoms with Crippen LogP contribution in [0.25, 0.3) is 5.69 Å². The van der Waals surface area contributed by atoms with Crippen LogP contribution >= 0.6 is 0 Å². The summed E-state index contributed by atoms with van der Waals surface area (Å²) in [7, 11) is 1.56. The standard InChI is InChI=1S/C13H16N4O3/c1-16-13(18)17(15-14-16)11-4-2-3-5-12(11)20-10-6-8-19-9-7-10/h2-5,10H,6-9H2,1H3. The molecule has 1 fully saturated rings. The largest absolute Gasteiger partial charge is 0.488 e. The van der Waals surface area contributed by atoms with E-state index in [4.69, 9.17) is 9.47 Å². The van der Waals surface area contributed by atoms with Gasteiger partial charge in [-0.1, -0.05) is 12.1 Å². The maximum absolute atomic E-state index is 11.9. The average Bonchev–Trinajstić information content (AvgIpc) is 2.81. The van der Waals surface area contributed by atoms with E-state index in [1.54, 1.807) is 13.1 Å². The van der Waals surface area contributed by atoms with E-state index < -0.39 is 0 Å². The Morgan fingerprint density at radius 1 is 1.25 bits per heavy atom. The van der Waals surface area contributed by atoms with Gasteiger partial charge in [0, 0.05) is 19.9 Å². The zero-order valence-corrected chi connectivity index (χ0v) is 11.2. The van der Waals surface area contributed by atoms with Crippen molar-refractivity contribution in [3.63, 3.8) is 0 Å². The second-order valence-electron chi connectivity index (χ2n) is 4.69. The van der Waals surface area contributed by atoms with E-state index in [1.807, 2.05) is 18.2 Å². The van der Waals surface area contributed by atoms with Crippen molar-refractivity contribution in [1.82, 2.24) is 19.8 Å². The summed E-state index contributed by atoms with van der Waals surface area (Å²) in [5.41, 5.74) is 0.310. The molecule has 1 aromatic heterocycles. The number of tetrazole rings is 1. The summed E-state index contributed by atoms with van der Waals surface area (Å²) < 4.78 is 13.7. The Balaban J connectivity index is 1.92. The van der Waals surface area contributed by atoms with Crippen LogP contribution in [-0.4, -0.2) is 39.1 Å². The van der Waals surface area contributed by atoms with Crippen LogP contribution in [0.1, 0.15) is 12.8 Å². The molecule has 106 valence electrons. The van der Waals surface area contributed by atoms with Gasteiger partial charge in [0.25, 0.3) is 0 Å². The third-order valence-electron chi connectivity index (χ3n) is 3.28. The molecule has 0 atom stereocenters. The molecule has 2 heterocycles. The molecule has 0 bridgehead atoms. The summed E-state index contributed by atoms with van der Waals surface area (Å²) in [5.74, 6) is 0.641. The predicted molar refractivity (Wildman–Crippen MR) is 71.1 cm³/mol. The highest BCUT2D eigenvalue weighted by atomic mass is 16.5. The Hall–Kier alpha value is -2.15. The number of nitrogens with zero attached hydrogens (tertiary/aromatic N) is 4. The molecule has 0 N–H and O–H groups in total. The highest BCUT2D eigenvalue weighted by Crippen LogP contribution is 2.24. The van der Waals surface area contributed by atoms with E-state index >= 15 is 0 Å². The third-order valence-corrected chi connectivity index (χ3v) is 3.28.